The van der Waals surface area contributed by atoms with Crippen LogP contribution in [0.2, 0.25) is 0 Å². The highest BCUT2D eigenvalue weighted by molar-refractivity contribution is 5.88. The van der Waals surface area contributed by atoms with Gasteiger partial charge in [0.05, 0.1) is 17.8 Å². The summed E-state index contributed by atoms with van der Waals surface area (Å²) in [5.41, 5.74) is -1.20. The van der Waals surface area contributed by atoms with Gasteiger partial charge < -0.3 is 64.6 Å². The fraction of sp³-hybridized carbons (Fsp3) is 0.444. The van der Waals surface area contributed by atoms with Gasteiger partial charge in [-0.05, 0) is 32.0 Å². The molecule has 14 heteroatoms. The first-order valence-electron chi connectivity index (χ1n) is 12.7. The van der Waals surface area contributed by atoms with Crippen molar-refractivity contribution in [3.8, 4) is 34.3 Å². The molecule has 2 saturated heterocycles. The van der Waals surface area contributed by atoms with Crippen LogP contribution in [0.25, 0.3) is 22.3 Å². The third kappa shape index (κ3) is 4.98. The Bertz CT molecular complexity index is 1500. The minimum absolute atomic E-state index is 0.0510. The van der Waals surface area contributed by atoms with Crippen molar-refractivity contribution >= 4 is 11.0 Å². The minimum atomic E-state index is -1.78. The van der Waals surface area contributed by atoms with Crippen LogP contribution < -0.4 is 5.43 Å². The van der Waals surface area contributed by atoms with Crippen molar-refractivity contribution in [3.63, 3.8) is 0 Å². The highest BCUT2D eigenvalue weighted by Gasteiger charge is 2.50. The quantitative estimate of drug-likeness (QED) is 0.180. The highest BCUT2D eigenvalue weighted by Crippen LogP contribution is 2.46. The summed E-state index contributed by atoms with van der Waals surface area (Å²) in [6.07, 6.45) is -15.0. The molecule has 0 saturated carbocycles. The Balaban J connectivity index is 1.58. The molecule has 0 bridgehead atoms. The molecule has 0 amide bonds. The number of phenols is 4. The smallest absolute Gasteiger partial charge is 0.197 e. The summed E-state index contributed by atoms with van der Waals surface area (Å²) < 4.78 is 22.7. The zero-order valence-electron chi connectivity index (χ0n) is 21.7. The highest BCUT2D eigenvalue weighted by atomic mass is 16.7. The molecule has 41 heavy (non-hydrogen) atoms. The molecule has 1 aromatic heterocycles. The molecule has 2 aliphatic heterocycles. The topological polar surface area (TPSA) is 240 Å². The molecule has 3 aromatic rings. The zero-order valence-corrected chi connectivity index (χ0v) is 21.7. The number of ether oxygens (including phenoxy) is 3. The molecule has 0 spiro atoms. The van der Waals surface area contributed by atoms with Gasteiger partial charge in [0, 0.05) is 17.7 Å². The minimum Gasteiger partial charge on any atom is -0.507 e. The van der Waals surface area contributed by atoms with E-state index in [0.717, 1.165) is 18.2 Å². The number of hydrogen-bond acceptors (Lipinski definition) is 14. The second-order valence-electron chi connectivity index (χ2n) is 10.2. The number of aliphatic hydroxyl groups is 5. The van der Waals surface area contributed by atoms with E-state index in [9.17, 15) is 50.8 Å². The Hall–Kier alpha value is -3.47. The van der Waals surface area contributed by atoms with Crippen LogP contribution in [0.5, 0.6) is 23.0 Å². The Morgan fingerprint density at radius 3 is 2.07 bits per heavy atom. The van der Waals surface area contributed by atoms with E-state index >= 15 is 0 Å². The second-order valence-corrected chi connectivity index (χ2v) is 10.2. The first-order chi connectivity index (χ1) is 19.3. The lowest BCUT2D eigenvalue weighted by Crippen LogP contribution is -2.61. The molecule has 0 aliphatic carbocycles. The third-order valence-electron chi connectivity index (χ3n) is 7.48. The van der Waals surface area contributed by atoms with Crippen LogP contribution in [0.15, 0.2) is 39.5 Å². The van der Waals surface area contributed by atoms with Crippen molar-refractivity contribution in [2.75, 3.05) is 0 Å². The van der Waals surface area contributed by atoms with Crippen molar-refractivity contribution < 1.29 is 64.6 Å². The van der Waals surface area contributed by atoms with Crippen LogP contribution in [0.1, 0.15) is 25.5 Å². The molecule has 2 aromatic carbocycles. The summed E-state index contributed by atoms with van der Waals surface area (Å²) in [7, 11) is 0. The maximum Gasteiger partial charge on any atom is 0.197 e. The SMILES string of the molecule is C[C@@H]1O[C@@H](O[C@H]2[C@H](O)[C@@H](O)[C@@H](C)O[C@H]2c2c(O)cc3oc(-c4ccc(O)c(O)c4)cc(=O)c3c2O)[C@@H](O)[C@H](O)[C@H]1O. The van der Waals surface area contributed by atoms with Gasteiger partial charge in [-0.25, -0.2) is 0 Å². The van der Waals surface area contributed by atoms with Crippen molar-refractivity contribution in [1.29, 1.82) is 0 Å². The van der Waals surface area contributed by atoms with Crippen molar-refractivity contribution in [3.05, 3.63) is 46.1 Å². The molecule has 222 valence electrons. The molecule has 0 radical (unpaired) electrons. The number of aromatic hydroxyl groups is 4. The fourth-order valence-corrected chi connectivity index (χ4v) is 5.11. The number of phenolic OH excluding ortho intramolecular Hbond substituents is 4. The van der Waals surface area contributed by atoms with Gasteiger partial charge in [0.25, 0.3) is 0 Å². The van der Waals surface area contributed by atoms with Gasteiger partial charge >= 0.3 is 0 Å². The van der Waals surface area contributed by atoms with Crippen LogP contribution in [0, 0.1) is 0 Å². The predicted molar refractivity (Wildman–Crippen MR) is 137 cm³/mol. The second kappa shape index (κ2) is 10.7. The number of hydrogen-bond donors (Lipinski definition) is 9. The molecule has 2 fully saturated rings. The predicted octanol–water partition coefficient (Wildman–Crippen LogP) is -0.323. The first-order valence-corrected chi connectivity index (χ1v) is 12.7. The largest absolute Gasteiger partial charge is 0.507 e. The van der Waals surface area contributed by atoms with Crippen LogP contribution in [-0.4, -0.2) is 101 Å². The average Bonchev–Trinajstić information content (AvgIpc) is 2.92. The van der Waals surface area contributed by atoms with Crippen molar-refractivity contribution in [2.45, 2.75) is 75.1 Å². The molecule has 0 unspecified atom stereocenters. The first kappa shape index (κ1) is 29.0. The lowest BCUT2D eigenvalue weighted by Gasteiger charge is -2.46. The Labute approximate surface area is 231 Å². The van der Waals surface area contributed by atoms with E-state index in [1.54, 1.807) is 0 Å². The van der Waals surface area contributed by atoms with Crippen molar-refractivity contribution in [1.82, 2.24) is 0 Å². The summed E-state index contributed by atoms with van der Waals surface area (Å²) in [6, 6.07) is 5.75. The van der Waals surface area contributed by atoms with Crippen LogP contribution in [-0.2, 0) is 14.2 Å². The van der Waals surface area contributed by atoms with Gasteiger partial charge in [-0.2, -0.15) is 0 Å². The molecule has 9 N–H and O–H groups in total. The normalized spacial score (nSPS) is 34.1. The van der Waals surface area contributed by atoms with Crippen molar-refractivity contribution in [2.24, 2.45) is 0 Å². The molecule has 2 aliphatic rings. The van der Waals surface area contributed by atoms with E-state index in [1.165, 1.54) is 26.0 Å². The molecule has 3 heterocycles. The van der Waals surface area contributed by atoms with E-state index in [4.69, 9.17) is 18.6 Å². The van der Waals surface area contributed by atoms with E-state index in [0.29, 0.717) is 0 Å². The summed E-state index contributed by atoms with van der Waals surface area (Å²) >= 11 is 0. The standard InChI is InChI=1S/C27H30O14/c1-8-20(33)23(36)26(41-27-24(37)22(35)19(32)9(2)39-27)25(38-8)18-14(31)7-16-17(21(18)34)13(30)6-15(40-16)10-3-4-11(28)12(29)5-10/h3-9,19-20,22-29,31-37H,1-2H3/t8-,9+,19+,20+,22-,23-,24+,25+,26+,27+/m1/s1. The summed E-state index contributed by atoms with van der Waals surface area (Å²) in [6.45, 7) is 2.82. The van der Waals surface area contributed by atoms with Crippen LogP contribution in [0.4, 0.5) is 0 Å². The number of benzene rings is 2. The summed E-state index contributed by atoms with van der Waals surface area (Å²) in [4.78, 5) is 13.1. The molecular formula is C27H30O14. The fourth-order valence-electron chi connectivity index (χ4n) is 5.11. The lowest BCUT2D eigenvalue weighted by atomic mass is 9.89. The number of fused-ring (bicyclic) bond motifs is 1. The Morgan fingerprint density at radius 2 is 1.39 bits per heavy atom. The third-order valence-corrected chi connectivity index (χ3v) is 7.48. The van der Waals surface area contributed by atoms with E-state index in [-0.39, 0.29) is 22.3 Å². The van der Waals surface area contributed by atoms with E-state index in [2.05, 4.69) is 0 Å². The Kier molecular flexibility index (Phi) is 7.61. The van der Waals surface area contributed by atoms with Gasteiger partial charge in [0.15, 0.2) is 23.2 Å². The van der Waals surface area contributed by atoms with Crippen LogP contribution >= 0.6 is 0 Å². The maximum absolute atomic E-state index is 13.1. The number of aliphatic hydroxyl groups excluding tert-OH is 5. The van der Waals surface area contributed by atoms with E-state index in [1.807, 2.05) is 0 Å². The van der Waals surface area contributed by atoms with Gasteiger partial charge in [0.1, 0.15) is 71.0 Å². The molecule has 14 nitrogen and oxygen atoms in total. The van der Waals surface area contributed by atoms with E-state index < -0.39 is 95.2 Å². The summed E-state index contributed by atoms with van der Waals surface area (Å²) in [5, 5.41) is 93.2. The molecule has 10 atom stereocenters. The van der Waals surface area contributed by atoms with Gasteiger partial charge in [-0.15, -0.1) is 0 Å². The van der Waals surface area contributed by atoms with Crippen LogP contribution in [0.3, 0.4) is 0 Å². The zero-order chi connectivity index (χ0) is 29.9. The van der Waals surface area contributed by atoms with Gasteiger partial charge in [-0.3, -0.25) is 4.79 Å². The molecular weight excluding hydrogens is 548 g/mol. The monoisotopic (exact) mass is 578 g/mol. The average molecular weight is 579 g/mol. The maximum atomic E-state index is 13.1. The lowest BCUT2D eigenvalue weighted by molar-refractivity contribution is -0.336. The number of rotatable bonds is 4. The molecule has 5 rings (SSSR count). The Morgan fingerprint density at radius 1 is 0.732 bits per heavy atom. The summed E-state index contributed by atoms with van der Waals surface area (Å²) in [5.74, 6) is -2.34. The van der Waals surface area contributed by atoms with Gasteiger partial charge in [-0.1, -0.05) is 0 Å². The van der Waals surface area contributed by atoms with Gasteiger partial charge in [0.2, 0.25) is 0 Å².